The van der Waals surface area contributed by atoms with Gasteiger partial charge in [0, 0.05) is 18.2 Å². The zero-order chi connectivity index (χ0) is 22.4. The summed E-state index contributed by atoms with van der Waals surface area (Å²) >= 11 is 6.32. The molecule has 1 amide bonds. The molecule has 0 aliphatic carbocycles. The first-order valence-corrected chi connectivity index (χ1v) is 10.6. The van der Waals surface area contributed by atoms with Gasteiger partial charge < -0.3 is 23.8 Å². The Morgan fingerprint density at radius 1 is 1.13 bits per heavy atom. The third-order valence-corrected chi connectivity index (χ3v) is 5.57. The Kier molecular flexibility index (Phi) is 7.69. The van der Waals surface area contributed by atoms with Crippen molar-refractivity contribution in [2.45, 2.75) is 25.8 Å². The fourth-order valence-corrected chi connectivity index (χ4v) is 4.16. The van der Waals surface area contributed by atoms with Crippen molar-refractivity contribution in [1.29, 1.82) is 0 Å². The van der Waals surface area contributed by atoms with Gasteiger partial charge in [0.1, 0.15) is 11.5 Å². The summed E-state index contributed by atoms with van der Waals surface area (Å²) in [6, 6.07) is 9.16. The maximum Gasteiger partial charge on any atom is 0.247 e. The minimum atomic E-state index is -0.0720. The molecule has 1 fully saturated rings. The second-order valence-electron chi connectivity index (χ2n) is 7.10. The number of likely N-dealkylation sites (tertiary alicyclic amines) is 1. The van der Waals surface area contributed by atoms with Gasteiger partial charge >= 0.3 is 0 Å². The van der Waals surface area contributed by atoms with Crippen LogP contribution in [0.3, 0.4) is 0 Å². The van der Waals surface area contributed by atoms with Gasteiger partial charge in [0.2, 0.25) is 5.91 Å². The lowest BCUT2D eigenvalue weighted by molar-refractivity contribution is -0.126. The number of hydrogen-bond donors (Lipinski definition) is 0. The summed E-state index contributed by atoms with van der Waals surface area (Å²) < 4.78 is 21.8. The lowest BCUT2D eigenvalue weighted by Gasteiger charge is -2.25. The van der Waals surface area contributed by atoms with E-state index in [-0.39, 0.29) is 11.9 Å². The molecule has 0 spiro atoms. The Balaban J connectivity index is 1.84. The maximum atomic E-state index is 13.1. The van der Waals surface area contributed by atoms with Crippen molar-refractivity contribution < 1.29 is 23.7 Å². The minimum Gasteiger partial charge on any atom is -0.497 e. The number of rotatable bonds is 8. The summed E-state index contributed by atoms with van der Waals surface area (Å²) in [4.78, 5) is 14.9. The zero-order valence-corrected chi connectivity index (χ0v) is 19.1. The Morgan fingerprint density at radius 3 is 2.61 bits per heavy atom. The Labute approximate surface area is 188 Å². The minimum absolute atomic E-state index is 0.0689. The number of carbonyl (C=O) groups is 1. The van der Waals surface area contributed by atoms with Crippen LogP contribution in [0.5, 0.6) is 23.0 Å². The lowest BCUT2D eigenvalue weighted by Crippen LogP contribution is -2.29. The number of methoxy groups -OCH3 is 3. The number of halogens is 1. The van der Waals surface area contributed by atoms with E-state index in [1.165, 1.54) is 0 Å². The van der Waals surface area contributed by atoms with Gasteiger partial charge in [-0.15, -0.1) is 0 Å². The van der Waals surface area contributed by atoms with Crippen LogP contribution < -0.4 is 18.9 Å². The van der Waals surface area contributed by atoms with E-state index in [0.717, 1.165) is 35.5 Å². The van der Waals surface area contributed by atoms with Crippen LogP contribution in [0, 0.1) is 0 Å². The maximum absolute atomic E-state index is 13.1. The molecule has 0 aromatic heterocycles. The average molecular weight is 446 g/mol. The van der Waals surface area contributed by atoms with Gasteiger partial charge in [0.15, 0.2) is 11.5 Å². The molecule has 2 aromatic carbocycles. The predicted molar refractivity (Wildman–Crippen MR) is 121 cm³/mol. The molecular formula is C24H28ClNO5. The first kappa shape index (κ1) is 22.8. The van der Waals surface area contributed by atoms with Crippen LogP contribution in [0.25, 0.3) is 6.08 Å². The van der Waals surface area contributed by atoms with E-state index in [4.69, 9.17) is 30.5 Å². The number of carbonyl (C=O) groups excluding carboxylic acids is 1. The van der Waals surface area contributed by atoms with Crippen LogP contribution in [0.4, 0.5) is 0 Å². The highest BCUT2D eigenvalue weighted by Gasteiger charge is 2.31. The molecule has 166 valence electrons. The first-order chi connectivity index (χ1) is 15.0. The van der Waals surface area contributed by atoms with Gasteiger partial charge in [-0.25, -0.2) is 0 Å². The van der Waals surface area contributed by atoms with E-state index in [0.29, 0.717) is 29.7 Å². The quantitative estimate of drug-likeness (QED) is 0.526. The Morgan fingerprint density at radius 2 is 1.94 bits per heavy atom. The fraction of sp³-hybridized carbons (Fsp3) is 0.375. The van der Waals surface area contributed by atoms with Crippen molar-refractivity contribution in [2.75, 3.05) is 34.5 Å². The molecule has 0 saturated carbocycles. The van der Waals surface area contributed by atoms with Gasteiger partial charge in [0.25, 0.3) is 0 Å². The topological polar surface area (TPSA) is 57.2 Å². The third-order valence-electron chi connectivity index (χ3n) is 5.29. The van der Waals surface area contributed by atoms with Crippen LogP contribution in [-0.2, 0) is 4.79 Å². The molecule has 0 bridgehead atoms. The largest absolute Gasteiger partial charge is 0.497 e. The van der Waals surface area contributed by atoms with E-state index < -0.39 is 0 Å². The van der Waals surface area contributed by atoms with Crippen LogP contribution in [0.1, 0.15) is 36.9 Å². The van der Waals surface area contributed by atoms with Crippen molar-refractivity contribution in [2.24, 2.45) is 0 Å². The zero-order valence-electron chi connectivity index (χ0n) is 18.3. The average Bonchev–Trinajstić information content (AvgIpc) is 3.27. The van der Waals surface area contributed by atoms with E-state index >= 15 is 0 Å². The van der Waals surface area contributed by atoms with E-state index in [9.17, 15) is 4.79 Å². The summed E-state index contributed by atoms with van der Waals surface area (Å²) in [5, 5.41) is 0.431. The van der Waals surface area contributed by atoms with E-state index in [1.807, 2.05) is 36.1 Å². The summed E-state index contributed by atoms with van der Waals surface area (Å²) in [6.45, 7) is 3.05. The number of amides is 1. The van der Waals surface area contributed by atoms with Crippen LogP contribution in [0.15, 0.2) is 36.4 Å². The van der Waals surface area contributed by atoms with Gasteiger partial charge in [-0.2, -0.15) is 0 Å². The molecule has 31 heavy (non-hydrogen) atoms. The molecule has 6 nitrogen and oxygen atoms in total. The normalized spacial score (nSPS) is 15.9. The molecule has 1 aliphatic rings. The van der Waals surface area contributed by atoms with Crippen molar-refractivity contribution in [3.05, 3.63) is 52.6 Å². The number of hydrogen-bond acceptors (Lipinski definition) is 5. The van der Waals surface area contributed by atoms with E-state index in [2.05, 4.69) is 0 Å². The lowest BCUT2D eigenvalue weighted by atomic mass is 10.0. The second kappa shape index (κ2) is 10.4. The molecule has 1 atom stereocenters. The number of benzene rings is 2. The van der Waals surface area contributed by atoms with Gasteiger partial charge in [-0.05, 0) is 61.7 Å². The summed E-state index contributed by atoms with van der Waals surface area (Å²) in [5.41, 5.74) is 1.71. The highest BCUT2D eigenvalue weighted by atomic mass is 35.5. The molecule has 0 radical (unpaired) electrons. The molecule has 7 heteroatoms. The molecule has 1 heterocycles. The molecule has 1 saturated heterocycles. The van der Waals surface area contributed by atoms with Crippen molar-refractivity contribution >= 4 is 23.6 Å². The van der Waals surface area contributed by atoms with Gasteiger partial charge in [-0.3, -0.25) is 4.79 Å². The molecule has 3 rings (SSSR count). The number of nitrogens with zero attached hydrogens (tertiary/aromatic N) is 1. The Bertz CT molecular complexity index is 959. The van der Waals surface area contributed by atoms with Crippen LogP contribution >= 0.6 is 11.6 Å². The highest BCUT2D eigenvalue weighted by Crippen LogP contribution is 2.39. The smallest absolute Gasteiger partial charge is 0.247 e. The second-order valence-corrected chi connectivity index (χ2v) is 7.51. The fourth-order valence-electron chi connectivity index (χ4n) is 3.86. The summed E-state index contributed by atoms with van der Waals surface area (Å²) in [5.74, 6) is 2.44. The van der Waals surface area contributed by atoms with Gasteiger partial charge in [-0.1, -0.05) is 11.6 Å². The summed E-state index contributed by atoms with van der Waals surface area (Å²) in [6.07, 6.45) is 5.10. The third kappa shape index (κ3) is 5.07. The standard InChI is InChI=1S/C24H28ClNO5/c1-5-31-22-14-16(13-19(25)24(22)30-4)8-11-23(27)26-12-6-7-20(26)18-15-17(28-2)9-10-21(18)29-3/h8-11,13-15,20H,5-7,12H2,1-4H3/b11-8+. The SMILES string of the molecule is CCOc1cc(/C=C/C(=O)N2CCCC2c2cc(OC)ccc2OC)cc(Cl)c1OC. The van der Waals surface area contributed by atoms with E-state index in [1.54, 1.807) is 39.5 Å². The monoisotopic (exact) mass is 445 g/mol. The first-order valence-electron chi connectivity index (χ1n) is 10.2. The van der Waals surface area contributed by atoms with Crippen LogP contribution in [0.2, 0.25) is 5.02 Å². The molecule has 1 unspecified atom stereocenters. The highest BCUT2D eigenvalue weighted by molar-refractivity contribution is 6.32. The van der Waals surface area contributed by atoms with Crippen molar-refractivity contribution in [3.63, 3.8) is 0 Å². The van der Waals surface area contributed by atoms with Crippen molar-refractivity contribution in [1.82, 2.24) is 4.90 Å². The number of ether oxygens (including phenoxy) is 4. The molecule has 2 aromatic rings. The van der Waals surface area contributed by atoms with Crippen LogP contribution in [-0.4, -0.2) is 45.3 Å². The summed E-state index contributed by atoms with van der Waals surface area (Å²) in [7, 11) is 4.81. The predicted octanol–water partition coefficient (Wildman–Crippen LogP) is 5.14. The Hall–Kier alpha value is -2.86. The van der Waals surface area contributed by atoms with Crippen molar-refractivity contribution in [3.8, 4) is 23.0 Å². The molecular weight excluding hydrogens is 418 g/mol. The molecule has 1 aliphatic heterocycles. The van der Waals surface area contributed by atoms with Gasteiger partial charge in [0.05, 0.1) is 39.0 Å². The molecule has 0 N–H and O–H groups in total.